The van der Waals surface area contributed by atoms with E-state index in [2.05, 4.69) is 10.2 Å². The Balaban J connectivity index is 2.29. The Morgan fingerprint density at radius 2 is 2.25 bits per heavy atom. The van der Waals surface area contributed by atoms with E-state index in [4.69, 9.17) is 4.74 Å². The molecular weight excluding hydrogens is 256 g/mol. The zero-order valence-electron chi connectivity index (χ0n) is 13.1. The molecule has 1 rings (SSSR count). The molecular formula is C15H30N2O3. The van der Waals surface area contributed by atoms with Gasteiger partial charge in [0.25, 0.3) is 0 Å². The van der Waals surface area contributed by atoms with E-state index in [-0.39, 0.29) is 24.0 Å². The molecule has 5 heteroatoms. The number of nitrogens with zero attached hydrogens (tertiary/aromatic N) is 1. The molecule has 0 aromatic carbocycles. The zero-order valence-corrected chi connectivity index (χ0v) is 13.1. The van der Waals surface area contributed by atoms with Gasteiger partial charge in [0.05, 0.1) is 12.1 Å². The summed E-state index contributed by atoms with van der Waals surface area (Å²) in [5.41, 5.74) is 0. The van der Waals surface area contributed by atoms with Gasteiger partial charge in [-0.1, -0.05) is 0 Å². The molecule has 1 fully saturated rings. The summed E-state index contributed by atoms with van der Waals surface area (Å²) in [6, 6.07) is -0.122. The number of ether oxygens (including phenoxy) is 1. The lowest BCUT2D eigenvalue weighted by molar-refractivity contribution is -0.127. The fourth-order valence-corrected chi connectivity index (χ4v) is 2.63. The first-order chi connectivity index (χ1) is 9.56. The number of aliphatic hydroxyl groups excluding tert-OH is 1. The topological polar surface area (TPSA) is 61.8 Å². The van der Waals surface area contributed by atoms with E-state index in [0.717, 1.165) is 39.0 Å². The lowest BCUT2D eigenvalue weighted by Crippen LogP contribution is -2.50. The highest BCUT2D eigenvalue weighted by molar-refractivity contribution is 5.81. The van der Waals surface area contributed by atoms with Gasteiger partial charge >= 0.3 is 0 Å². The minimum absolute atomic E-state index is 0.0766. The Kier molecular flexibility index (Phi) is 8.11. The fourth-order valence-electron chi connectivity index (χ4n) is 2.63. The number of rotatable bonds is 8. The number of carbonyl (C=O) groups is 1. The largest absolute Gasteiger partial charge is 0.393 e. The van der Waals surface area contributed by atoms with Gasteiger partial charge in [0.1, 0.15) is 0 Å². The Hall–Kier alpha value is -0.650. The quantitative estimate of drug-likeness (QED) is 0.654. The summed E-state index contributed by atoms with van der Waals surface area (Å²) in [6.07, 6.45) is 2.66. The van der Waals surface area contributed by atoms with E-state index < -0.39 is 0 Å². The van der Waals surface area contributed by atoms with Crippen LogP contribution in [0.2, 0.25) is 0 Å². The van der Waals surface area contributed by atoms with Crippen molar-refractivity contribution in [3.8, 4) is 0 Å². The molecule has 1 saturated heterocycles. The number of carbonyl (C=O) groups excluding carboxylic acids is 1. The van der Waals surface area contributed by atoms with Gasteiger partial charge in [-0.2, -0.15) is 0 Å². The van der Waals surface area contributed by atoms with E-state index >= 15 is 0 Å². The molecule has 0 saturated carbocycles. The lowest BCUT2D eigenvalue weighted by Gasteiger charge is -2.37. The van der Waals surface area contributed by atoms with Gasteiger partial charge in [-0.05, 0) is 52.5 Å². The molecule has 3 atom stereocenters. The van der Waals surface area contributed by atoms with Gasteiger partial charge in [0.2, 0.25) is 5.91 Å². The molecule has 1 amide bonds. The second-order valence-electron chi connectivity index (χ2n) is 5.66. The van der Waals surface area contributed by atoms with Gasteiger partial charge in [0.15, 0.2) is 0 Å². The van der Waals surface area contributed by atoms with Gasteiger partial charge < -0.3 is 15.2 Å². The third kappa shape index (κ3) is 5.77. The SMILES string of the molecule is CCOCCCNC(=O)C(C)N1CCCC(C(C)O)C1. The van der Waals surface area contributed by atoms with Gasteiger partial charge in [-0.3, -0.25) is 9.69 Å². The smallest absolute Gasteiger partial charge is 0.237 e. The number of piperidine rings is 1. The molecule has 2 N–H and O–H groups in total. The van der Waals surface area contributed by atoms with Crippen LogP contribution in [0.15, 0.2) is 0 Å². The summed E-state index contributed by atoms with van der Waals surface area (Å²) in [7, 11) is 0. The highest BCUT2D eigenvalue weighted by Gasteiger charge is 2.29. The minimum Gasteiger partial charge on any atom is -0.393 e. The van der Waals surface area contributed by atoms with Crippen LogP contribution in [-0.4, -0.2) is 60.9 Å². The van der Waals surface area contributed by atoms with E-state index in [0.29, 0.717) is 13.2 Å². The van der Waals surface area contributed by atoms with Crippen LogP contribution >= 0.6 is 0 Å². The summed E-state index contributed by atoms with van der Waals surface area (Å²) in [5.74, 6) is 0.365. The molecule has 0 aromatic heterocycles. The average Bonchev–Trinajstić information content (AvgIpc) is 2.46. The minimum atomic E-state index is -0.292. The van der Waals surface area contributed by atoms with Crippen LogP contribution in [0.5, 0.6) is 0 Å². The molecule has 0 aliphatic carbocycles. The number of likely N-dealkylation sites (tertiary alicyclic amines) is 1. The van der Waals surface area contributed by atoms with Crippen LogP contribution in [0, 0.1) is 5.92 Å². The van der Waals surface area contributed by atoms with Crippen LogP contribution < -0.4 is 5.32 Å². The van der Waals surface area contributed by atoms with E-state index in [1.165, 1.54) is 0 Å². The molecule has 0 aromatic rings. The van der Waals surface area contributed by atoms with Crippen molar-refractivity contribution in [1.29, 1.82) is 0 Å². The Morgan fingerprint density at radius 3 is 2.90 bits per heavy atom. The van der Waals surface area contributed by atoms with Gasteiger partial charge in [-0.15, -0.1) is 0 Å². The van der Waals surface area contributed by atoms with Crippen molar-refractivity contribution < 1.29 is 14.6 Å². The fraction of sp³-hybridized carbons (Fsp3) is 0.933. The monoisotopic (exact) mass is 286 g/mol. The summed E-state index contributed by atoms with van der Waals surface area (Å²) in [5, 5.41) is 12.7. The van der Waals surface area contributed by atoms with Gasteiger partial charge in [-0.25, -0.2) is 0 Å². The van der Waals surface area contributed by atoms with Gasteiger partial charge in [0, 0.05) is 26.3 Å². The van der Waals surface area contributed by atoms with Crippen LogP contribution in [0.25, 0.3) is 0 Å². The second-order valence-corrected chi connectivity index (χ2v) is 5.66. The normalized spacial score (nSPS) is 23.3. The molecule has 3 unspecified atom stereocenters. The van der Waals surface area contributed by atoms with Crippen molar-refractivity contribution in [2.24, 2.45) is 5.92 Å². The summed E-state index contributed by atoms with van der Waals surface area (Å²) in [6.45, 7) is 9.58. The molecule has 0 radical (unpaired) electrons. The third-order valence-corrected chi connectivity index (χ3v) is 4.07. The predicted molar refractivity (Wildman–Crippen MR) is 79.6 cm³/mol. The van der Waals surface area contributed by atoms with Crippen molar-refractivity contribution in [3.05, 3.63) is 0 Å². The molecule has 20 heavy (non-hydrogen) atoms. The van der Waals surface area contributed by atoms with Crippen LogP contribution in [-0.2, 0) is 9.53 Å². The average molecular weight is 286 g/mol. The molecule has 0 bridgehead atoms. The highest BCUT2D eigenvalue weighted by Crippen LogP contribution is 2.21. The van der Waals surface area contributed by atoms with Crippen molar-refractivity contribution in [2.45, 2.75) is 52.2 Å². The van der Waals surface area contributed by atoms with Crippen molar-refractivity contribution >= 4 is 5.91 Å². The number of amides is 1. The van der Waals surface area contributed by atoms with E-state index in [9.17, 15) is 9.90 Å². The van der Waals surface area contributed by atoms with Crippen molar-refractivity contribution in [2.75, 3.05) is 32.8 Å². The van der Waals surface area contributed by atoms with Crippen molar-refractivity contribution in [1.82, 2.24) is 10.2 Å². The van der Waals surface area contributed by atoms with E-state index in [1.807, 2.05) is 20.8 Å². The lowest BCUT2D eigenvalue weighted by atomic mass is 9.92. The standard InChI is InChI=1S/C15H30N2O3/c1-4-20-10-6-8-16-15(19)12(2)17-9-5-7-14(11-17)13(3)18/h12-14,18H,4-11H2,1-3H3,(H,16,19). The first-order valence-electron chi connectivity index (χ1n) is 7.83. The highest BCUT2D eigenvalue weighted by atomic mass is 16.5. The van der Waals surface area contributed by atoms with Crippen LogP contribution in [0.1, 0.15) is 40.0 Å². The summed E-state index contributed by atoms with van der Waals surface area (Å²) in [4.78, 5) is 14.3. The third-order valence-electron chi connectivity index (χ3n) is 4.07. The number of hydrogen-bond acceptors (Lipinski definition) is 4. The number of nitrogens with one attached hydrogen (secondary N) is 1. The maximum absolute atomic E-state index is 12.1. The number of hydrogen-bond donors (Lipinski definition) is 2. The molecule has 5 nitrogen and oxygen atoms in total. The summed E-state index contributed by atoms with van der Waals surface area (Å²) < 4.78 is 5.24. The Bertz CT molecular complexity index is 284. The van der Waals surface area contributed by atoms with Crippen LogP contribution in [0.3, 0.4) is 0 Å². The Labute approximate surface area is 122 Å². The number of aliphatic hydroxyl groups is 1. The summed E-state index contributed by atoms with van der Waals surface area (Å²) >= 11 is 0. The molecule has 1 aliphatic rings. The first-order valence-corrected chi connectivity index (χ1v) is 7.83. The zero-order chi connectivity index (χ0) is 15.0. The van der Waals surface area contributed by atoms with E-state index in [1.54, 1.807) is 0 Å². The second kappa shape index (κ2) is 9.32. The predicted octanol–water partition coefficient (Wildman–Crippen LogP) is 1.01. The first kappa shape index (κ1) is 17.4. The van der Waals surface area contributed by atoms with Crippen molar-refractivity contribution in [3.63, 3.8) is 0 Å². The van der Waals surface area contributed by atoms with Crippen LogP contribution in [0.4, 0.5) is 0 Å². The molecule has 1 aliphatic heterocycles. The maximum atomic E-state index is 12.1. The molecule has 0 spiro atoms. The molecule has 118 valence electrons. The maximum Gasteiger partial charge on any atom is 0.237 e. The Morgan fingerprint density at radius 1 is 1.50 bits per heavy atom. The molecule has 1 heterocycles.